The van der Waals surface area contributed by atoms with Crippen molar-refractivity contribution in [1.82, 2.24) is 0 Å². The normalized spacial score (nSPS) is 24.0. The summed E-state index contributed by atoms with van der Waals surface area (Å²) < 4.78 is 48.0. The quantitative estimate of drug-likeness (QED) is 0.448. The summed E-state index contributed by atoms with van der Waals surface area (Å²) in [5.74, 6) is 0. The van der Waals surface area contributed by atoms with Crippen LogP contribution in [-0.2, 0) is 47.4 Å². The minimum Gasteiger partial charge on any atom is -0.381 e. The molecule has 5 saturated heterocycles. The zero-order valence-corrected chi connectivity index (χ0v) is 22.5. The van der Waals surface area contributed by atoms with E-state index in [4.69, 9.17) is 33.2 Å². The fourth-order valence-corrected chi connectivity index (χ4v) is 3.35. The van der Waals surface area contributed by atoms with Crippen LogP contribution in [0.2, 0.25) is 0 Å². The van der Waals surface area contributed by atoms with Crippen molar-refractivity contribution >= 4 is 0 Å². The van der Waals surface area contributed by atoms with Crippen LogP contribution in [0.3, 0.4) is 0 Å². The second-order valence-electron chi connectivity index (χ2n) is 8.62. The molecule has 6 aliphatic rings. The molecule has 216 valence electrons. The largest absolute Gasteiger partial charge is 0.381 e. The number of hydrogen-bond donors (Lipinski definition) is 0. The summed E-state index contributed by atoms with van der Waals surface area (Å²) in [6.07, 6.45) is 16.1. The maximum atomic E-state index is 5.07. The zero-order chi connectivity index (χ0) is 25.5. The third kappa shape index (κ3) is 28.2. The van der Waals surface area contributed by atoms with Gasteiger partial charge in [0.05, 0.1) is 39.6 Å². The van der Waals surface area contributed by atoms with Gasteiger partial charge in [0.1, 0.15) is 20.4 Å². The molecule has 0 spiro atoms. The first-order valence-electron chi connectivity index (χ1n) is 13.8. The molecule has 6 fully saturated rings. The minimum atomic E-state index is 0.375. The van der Waals surface area contributed by atoms with Crippen LogP contribution in [0.4, 0.5) is 0 Å². The second kappa shape index (κ2) is 30.8. The van der Waals surface area contributed by atoms with Gasteiger partial charge in [-0.25, -0.2) is 0 Å². The van der Waals surface area contributed by atoms with Gasteiger partial charge in [-0.3, -0.25) is 0 Å². The highest BCUT2D eigenvalue weighted by atomic mass is 16.8. The molecule has 5 aliphatic heterocycles. The average molecular weight is 525 g/mol. The van der Waals surface area contributed by atoms with Gasteiger partial charge in [0, 0.05) is 13.2 Å². The Balaban J connectivity index is 0.000000216. The maximum absolute atomic E-state index is 5.07. The lowest BCUT2D eigenvalue weighted by Crippen LogP contribution is -2.14. The molecule has 0 aromatic heterocycles. The minimum absolute atomic E-state index is 0.375. The standard InChI is InChI=1S/C6H12.C5H10O.3C4H8O2.C3H6O3/c2*1-2-4-6-5-3-1;3*1-2-5-4-6-3-1;1-4-2-6-3-5-1/h1-6H2;1-5H2;3*1-4H2;1-3H2. The van der Waals surface area contributed by atoms with Gasteiger partial charge in [0.15, 0.2) is 20.4 Å². The van der Waals surface area contributed by atoms with Gasteiger partial charge in [-0.2, -0.15) is 0 Å². The Morgan fingerprint density at radius 2 is 0.389 bits per heavy atom. The van der Waals surface area contributed by atoms with Gasteiger partial charge < -0.3 is 47.4 Å². The first kappa shape index (κ1) is 33.6. The molecule has 36 heavy (non-hydrogen) atoms. The third-order valence-electron chi connectivity index (χ3n) is 5.31. The lowest BCUT2D eigenvalue weighted by molar-refractivity contribution is -0.247. The van der Waals surface area contributed by atoms with Crippen LogP contribution in [-0.4, -0.2) is 93.6 Å². The molecular weight excluding hydrogens is 472 g/mol. The monoisotopic (exact) mass is 524 g/mol. The molecule has 6 rings (SSSR count). The van der Waals surface area contributed by atoms with E-state index in [-0.39, 0.29) is 0 Å². The molecule has 0 bridgehead atoms. The van der Waals surface area contributed by atoms with Gasteiger partial charge >= 0.3 is 0 Å². The summed E-state index contributed by atoms with van der Waals surface area (Å²) in [4.78, 5) is 0. The molecule has 5 heterocycles. The van der Waals surface area contributed by atoms with Gasteiger partial charge in [-0.05, 0) is 38.5 Å². The number of rotatable bonds is 0. The fourth-order valence-electron chi connectivity index (χ4n) is 3.35. The van der Waals surface area contributed by atoms with Crippen LogP contribution in [0.1, 0.15) is 77.0 Å². The second-order valence-corrected chi connectivity index (χ2v) is 8.62. The predicted octanol–water partition coefficient (Wildman–Crippen LogP) is 4.59. The number of ether oxygens (including phenoxy) is 10. The van der Waals surface area contributed by atoms with E-state index < -0.39 is 0 Å². The molecule has 0 aromatic rings. The van der Waals surface area contributed by atoms with Crippen molar-refractivity contribution in [3.05, 3.63) is 0 Å². The molecule has 0 amide bonds. The summed E-state index contributed by atoms with van der Waals surface area (Å²) in [5, 5.41) is 0. The van der Waals surface area contributed by atoms with Crippen molar-refractivity contribution in [3.8, 4) is 0 Å². The highest BCUT2D eigenvalue weighted by Gasteiger charge is 1.97. The summed E-state index contributed by atoms with van der Waals surface area (Å²) >= 11 is 0. The average Bonchev–Trinajstić information content (AvgIpc) is 3.04. The summed E-state index contributed by atoms with van der Waals surface area (Å²) in [6.45, 7) is 9.88. The van der Waals surface area contributed by atoms with Gasteiger partial charge in [-0.1, -0.05) is 38.5 Å². The van der Waals surface area contributed by atoms with Crippen molar-refractivity contribution in [2.75, 3.05) is 93.6 Å². The Labute approximate surface area is 218 Å². The first-order valence-corrected chi connectivity index (χ1v) is 13.8. The molecule has 0 unspecified atom stereocenters. The van der Waals surface area contributed by atoms with E-state index in [2.05, 4.69) is 14.2 Å². The van der Waals surface area contributed by atoms with Gasteiger partial charge in [0.2, 0.25) is 0 Å². The van der Waals surface area contributed by atoms with Gasteiger partial charge in [0.25, 0.3) is 0 Å². The summed E-state index contributed by atoms with van der Waals surface area (Å²) in [5.41, 5.74) is 0. The number of hydrogen-bond acceptors (Lipinski definition) is 10. The van der Waals surface area contributed by atoms with E-state index >= 15 is 0 Å². The van der Waals surface area contributed by atoms with E-state index in [1.165, 1.54) is 57.8 Å². The van der Waals surface area contributed by atoms with Gasteiger partial charge in [-0.15, -0.1) is 0 Å². The van der Waals surface area contributed by atoms with E-state index in [9.17, 15) is 0 Å². The molecule has 1 aliphatic carbocycles. The van der Waals surface area contributed by atoms with Crippen molar-refractivity contribution < 1.29 is 47.4 Å². The van der Waals surface area contributed by atoms with Crippen molar-refractivity contribution in [1.29, 1.82) is 0 Å². The smallest absolute Gasteiger partial charge is 0.152 e. The lowest BCUT2D eigenvalue weighted by atomic mass is 10.0. The highest BCUT2D eigenvalue weighted by Crippen LogP contribution is 2.15. The van der Waals surface area contributed by atoms with E-state index in [1.807, 2.05) is 0 Å². The molecule has 1 saturated carbocycles. The van der Waals surface area contributed by atoms with Crippen LogP contribution in [0, 0.1) is 0 Å². The Bertz CT molecular complexity index is 217. The molecule has 10 heteroatoms. The van der Waals surface area contributed by atoms with E-state index in [1.54, 1.807) is 0 Å². The molecule has 10 nitrogen and oxygen atoms in total. The van der Waals surface area contributed by atoms with E-state index in [0.717, 1.165) is 72.1 Å². The van der Waals surface area contributed by atoms with Crippen LogP contribution in [0.5, 0.6) is 0 Å². The highest BCUT2D eigenvalue weighted by molar-refractivity contribution is 4.51. The molecule has 0 radical (unpaired) electrons. The maximum Gasteiger partial charge on any atom is 0.152 e. The Morgan fingerprint density at radius 1 is 0.167 bits per heavy atom. The molecular formula is C26H52O10. The molecule has 0 aromatic carbocycles. The van der Waals surface area contributed by atoms with E-state index in [0.29, 0.717) is 40.8 Å². The van der Waals surface area contributed by atoms with Crippen molar-refractivity contribution in [2.24, 2.45) is 0 Å². The predicted molar refractivity (Wildman–Crippen MR) is 134 cm³/mol. The fraction of sp³-hybridized carbons (Fsp3) is 1.00. The van der Waals surface area contributed by atoms with Crippen LogP contribution >= 0.6 is 0 Å². The van der Waals surface area contributed by atoms with Crippen LogP contribution < -0.4 is 0 Å². The van der Waals surface area contributed by atoms with Crippen molar-refractivity contribution in [3.63, 3.8) is 0 Å². The summed E-state index contributed by atoms with van der Waals surface area (Å²) in [6, 6.07) is 0. The Kier molecular flexibility index (Phi) is 28.8. The SMILES string of the molecule is C1CCCCC1.C1CCOCC1.C1COCOC1.C1COCOC1.C1COCOC1.C1OCOCO1. The first-order chi connectivity index (χ1) is 18.0. The molecule has 0 atom stereocenters. The molecule has 0 N–H and O–H groups in total. The van der Waals surface area contributed by atoms with Crippen LogP contribution in [0.15, 0.2) is 0 Å². The van der Waals surface area contributed by atoms with Crippen LogP contribution in [0.25, 0.3) is 0 Å². The Morgan fingerprint density at radius 3 is 0.500 bits per heavy atom. The topological polar surface area (TPSA) is 92.3 Å². The zero-order valence-electron chi connectivity index (χ0n) is 22.5. The Hall–Kier alpha value is -0.400. The third-order valence-corrected chi connectivity index (χ3v) is 5.31. The van der Waals surface area contributed by atoms with Crippen molar-refractivity contribution in [2.45, 2.75) is 77.0 Å². The summed E-state index contributed by atoms with van der Waals surface area (Å²) in [7, 11) is 0. The lowest BCUT2D eigenvalue weighted by Gasteiger charge is -2.10.